The summed E-state index contributed by atoms with van der Waals surface area (Å²) in [5.74, 6) is -0.143. The fourth-order valence-electron chi connectivity index (χ4n) is 2.40. The zero-order valence-corrected chi connectivity index (χ0v) is 13.2. The van der Waals surface area contributed by atoms with Crippen molar-refractivity contribution in [1.29, 1.82) is 0 Å². The summed E-state index contributed by atoms with van der Waals surface area (Å²) in [6.07, 6.45) is 1.51. The molecule has 0 radical (unpaired) electrons. The Balaban J connectivity index is 2.14. The highest BCUT2D eigenvalue weighted by Crippen LogP contribution is 2.37. The molecule has 1 aliphatic rings. The lowest BCUT2D eigenvalue weighted by Gasteiger charge is -2.08. The second-order valence-electron chi connectivity index (χ2n) is 5.23. The summed E-state index contributed by atoms with van der Waals surface area (Å²) < 4.78 is 46.9. The summed E-state index contributed by atoms with van der Waals surface area (Å²) in [6.45, 7) is 1.57. The smallest absolute Gasteiger partial charge is 0.285 e. The number of sulfone groups is 1. The molecule has 0 bridgehead atoms. The molecule has 2 aromatic rings. The number of rotatable bonds is 3. The van der Waals surface area contributed by atoms with Gasteiger partial charge in [0.1, 0.15) is 5.76 Å². The lowest BCUT2D eigenvalue weighted by atomic mass is 10.00. The number of hydrogen-bond donors (Lipinski definition) is 0. The molecule has 1 aliphatic heterocycles. The molecule has 120 valence electrons. The van der Waals surface area contributed by atoms with Crippen molar-refractivity contribution in [2.45, 2.75) is 17.9 Å². The predicted octanol–water partition coefficient (Wildman–Crippen LogP) is 2.68. The minimum atomic E-state index is -3.33. The second kappa shape index (κ2) is 5.34. The zero-order valence-electron chi connectivity index (χ0n) is 12.4. The van der Waals surface area contributed by atoms with Gasteiger partial charge in [0, 0.05) is 11.8 Å². The first kappa shape index (κ1) is 15.5. The molecule has 1 aromatic heterocycles. The molecular weight excluding hydrogens is 323 g/mol. The van der Waals surface area contributed by atoms with Crippen LogP contribution in [-0.2, 0) is 19.4 Å². The Labute approximate surface area is 132 Å². The highest BCUT2D eigenvalue weighted by Gasteiger charge is 2.35. The van der Waals surface area contributed by atoms with Crippen molar-refractivity contribution < 1.29 is 26.8 Å². The average molecular weight is 336 g/mol. The van der Waals surface area contributed by atoms with Crippen molar-refractivity contribution in [2.75, 3.05) is 6.26 Å². The fourth-order valence-corrected chi connectivity index (χ4v) is 3.03. The van der Waals surface area contributed by atoms with E-state index in [-0.39, 0.29) is 27.6 Å². The van der Waals surface area contributed by atoms with Crippen LogP contribution < -0.4 is 0 Å². The van der Waals surface area contributed by atoms with Crippen molar-refractivity contribution in [1.82, 2.24) is 0 Å². The van der Waals surface area contributed by atoms with Crippen LogP contribution in [0.1, 0.15) is 18.1 Å². The van der Waals surface area contributed by atoms with Crippen LogP contribution in [0.5, 0.6) is 0 Å². The maximum absolute atomic E-state index is 13.7. The monoisotopic (exact) mass is 336 g/mol. The molecule has 0 saturated carbocycles. The van der Waals surface area contributed by atoms with Gasteiger partial charge < -0.3 is 9.15 Å². The first-order valence-electron chi connectivity index (χ1n) is 6.78. The van der Waals surface area contributed by atoms with Crippen molar-refractivity contribution in [3.63, 3.8) is 0 Å². The van der Waals surface area contributed by atoms with Crippen molar-refractivity contribution >= 4 is 27.0 Å². The van der Waals surface area contributed by atoms with E-state index in [1.807, 2.05) is 0 Å². The predicted molar refractivity (Wildman–Crippen MR) is 80.6 cm³/mol. The fraction of sp³-hybridized carbons (Fsp3) is 0.188. The Morgan fingerprint density at radius 3 is 2.30 bits per heavy atom. The number of ether oxygens (including phenoxy) is 1. The van der Waals surface area contributed by atoms with Gasteiger partial charge in [0.15, 0.2) is 15.9 Å². The lowest BCUT2D eigenvalue weighted by molar-refractivity contribution is -0.118. The number of hydrogen-bond acceptors (Lipinski definition) is 5. The molecule has 0 N–H and O–H groups in total. The van der Waals surface area contributed by atoms with Crippen LogP contribution in [0, 0.1) is 6.01 Å². The maximum Gasteiger partial charge on any atom is 0.285 e. The molecule has 1 unspecified atom stereocenters. The molecular formula is C16H13FO5S. The SMILES string of the molecule is CC1OC(c2ccc(S(C)(=O)=O)cc2)=C(c2ccoc2F)C1=O. The van der Waals surface area contributed by atoms with Crippen LogP contribution in [0.25, 0.3) is 11.3 Å². The molecule has 1 atom stereocenters. The molecule has 0 saturated heterocycles. The van der Waals surface area contributed by atoms with Gasteiger partial charge in [0.25, 0.3) is 6.01 Å². The van der Waals surface area contributed by atoms with Crippen LogP contribution in [0.15, 0.2) is 45.9 Å². The third-order valence-corrected chi connectivity index (χ3v) is 4.70. The number of Topliss-reactive ketones (excluding diaryl/α,β-unsaturated/α-hetero) is 1. The van der Waals surface area contributed by atoms with Crippen LogP contribution in [-0.4, -0.2) is 26.6 Å². The Bertz CT molecular complexity index is 906. The first-order valence-corrected chi connectivity index (χ1v) is 8.67. The van der Waals surface area contributed by atoms with Gasteiger partial charge in [0.05, 0.1) is 22.3 Å². The van der Waals surface area contributed by atoms with Gasteiger partial charge in [-0.15, -0.1) is 0 Å². The Kier molecular flexibility index (Phi) is 3.60. The molecule has 7 heteroatoms. The summed E-state index contributed by atoms with van der Waals surface area (Å²) in [4.78, 5) is 12.4. The van der Waals surface area contributed by atoms with Crippen molar-refractivity contribution in [3.8, 4) is 0 Å². The van der Waals surface area contributed by atoms with E-state index in [1.165, 1.54) is 30.3 Å². The van der Waals surface area contributed by atoms with Gasteiger partial charge in [-0.2, -0.15) is 4.39 Å². The summed E-state index contributed by atoms with van der Waals surface area (Å²) in [5.41, 5.74) is 0.614. The quantitative estimate of drug-likeness (QED) is 0.861. The molecule has 1 aromatic carbocycles. The molecule has 2 heterocycles. The van der Waals surface area contributed by atoms with Crippen LogP contribution in [0.4, 0.5) is 4.39 Å². The van der Waals surface area contributed by atoms with E-state index in [0.29, 0.717) is 5.56 Å². The molecule has 3 rings (SSSR count). The molecule has 0 aliphatic carbocycles. The third kappa shape index (κ3) is 2.68. The lowest BCUT2D eigenvalue weighted by Crippen LogP contribution is -2.13. The number of furan rings is 1. The van der Waals surface area contributed by atoms with E-state index in [4.69, 9.17) is 4.74 Å². The van der Waals surface area contributed by atoms with E-state index in [9.17, 15) is 17.6 Å². The minimum absolute atomic E-state index is 0.0292. The number of benzene rings is 1. The van der Waals surface area contributed by atoms with Gasteiger partial charge in [-0.05, 0) is 37.3 Å². The van der Waals surface area contributed by atoms with Gasteiger partial charge >= 0.3 is 0 Å². The second-order valence-corrected chi connectivity index (χ2v) is 7.25. The van der Waals surface area contributed by atoms with Crippen molar-refractivity contribution in [3.05, 3.63) is 53.7 Å². The minimum Gasteiger partial charge on any atom is -0.481 e. The summed E-state index contributed by atoms with van der Waals surface area (Å²) in [6, 6.07) is 6.37. The van der Waals surface area contributed by atoms with Crippen LogP contribution >= 0.6 is 0 Å². The summed E-state index contributed by atoms with van der Waals surface area (Å²) in [5, 5.41) is 0. The molecule has 5 nitrogen and oxygen atoms in total. The maximum atomic E-state index is 13.7. The molecule has 23 heavy (non-hydrogen) atoms. The number of ketones is 1. The van der Waals surface area contributed by atoms with Gasteiger partial charge in [0.2, 0.25) is 5.78 Å². The summed E-state index contributed by atoms with van der Waals surface area (Å²) >= 11 is 0. The number of carbonyl (C=O) groups is 1. The highest BCUT2D eigenvalue weighted by molar-refractivity contribution is 7.90. The Hall–Kier alpha value is -2.41. The highest BCUT2D eigenvalue weighted by atomic mass is 32.2. The van der Waals surface area contributed by atoms with Gasteiger partial charge in [-0.3, -0.25) is 4.79 Å². The zero-order chi connectivity index (χ0) is 16.8. The third-order valence-electron chi connectivity index (χ3n) is 3.57. The van der Waals surface area contributed by atoms with E-state index in [0.717, 1.165) is 12.5 Å². The van der Waals surface area contributed by atoms with E-state index in [1.54, 1.807) is 6.92 Å². The Morgan fingerprint density at radius 2 is 1.78 bits per heavy atom. The van der Waals surface area contributed by atoms with E-state index in [2.05, 4.69) is 4.42 Å². The van der Waals surface area contributed by atoms with E-state index >= 15 is 0 Å². The topological polar surface area (TPSA) is 73.6 Å². The van der Waals surface area contributed by atoms with Crippen LogP contribution in [0.2, 0.25) is 0 Å². The van der Waals surface area contributed by atoms with Crippen molar-refractivity contribution in [2.24, 2.45) is 0 Å². The normalized spacial score (nSPS) is 18.4. The summed E-state index contributed by atoms with van der Waals surface area (Å²) in [7, 11) is -3.33. The molecule has 0 amide bonds. The molecule has 0 fully saturated rings. The number of carbonyl (C=O) groups excluding carboxylic acids is 1. The number of halogens is 1. The van der Waals surface area contributed by atoms with Crippen LogP contribution in [0.3, 0.4) is 0 Å². The Morgan fingerprint density at radius 1 is 1.13 bits per heavy atom. The average Bonchev–Trinajstić information content (AvgIpc) is 3.03. The standard InChI is InChI=1S/C16H13FO5S/c1-9-14(18)13(12-7-8-21-16(12)17)15(22-9)10-3-5-11(6-4-10)23(2,19)20/h3-9H,1-2H3. The van der Waals surface area contributed by atoms with E-state index < -0.39 is 22.0 Å². The van der Waals surface area contributed by atoms with Gasteiger partial charge in [-0.25, -0.2) is 8.42 Å². The molecule has 0 spiro atoms. The first-order chi connectivity index (χ1) is 10.8. The largest absolute Gasteiger partial charge is 0.481 e. The van der Waals surface area contributed by atoms with Gasteiger partial charge in [-0.1, -0.05) is 0 Å².